The van der Waals surface area contributed by atoms with Gasteiger partial charge in [-0.25, -0.2) is 15.8 Å². The zero-order valence-electron chi connectivity index (χ0n) is 11.4. The van der Waals surface area contributed by atoms with Crippen LogP contribution in [0.15, 0.2) is 6.07 Å². The third-order valence-electron chi connectivity index (χ3n) is 2.34. The number of nitrogens with two attached hydrogens (primary N) is 1. The van der Waals surface area contributed by atoms with Gasteiger partial charge in [-0.3, -0.25) is 4.79 Å². The number of hydrogen-bond acceptors (Lipinski definition) is 7. The Morgan fingerprint density at radius 1 is 1.42 bits per heavy atom. The van der Waals surface area contributed by atoms with E-state index in [1.807, 2.05) is 0 Å². The van der Waals surface area contributed by atoms with Crippen molar-refractivity contribution in [2.24, 2.45) is 5.84 Å². The lowest BCUT2D eigenvalue weighted by molar-refractivity contribution is -0.128. The third kappa shape index (κ3) is 5.06. The van der Waals surface area contributed by atoms with Crippen LogP contribution < -0.4 is 16.6 Å². The molecule has 0 bridgehead atoms. The Balaban J connectivity index is 2.61. The molecule has 1 aromatic heterocycles. The fraction of sp³-hybridized carbons (Fsp3) is 0.545. The number of aromatic nitrogens is 2. The van der Waals surface area contributed by atoms with Gasteiger partial charge in [-0.15, -0.1) is 0 Å². The predicted octanol–water partition coefficient (Wildman–Crippen LogP) is -0.201. The first-order chi connectivity index (χ1) is 9.06. The first-order valence-corrected chi connectivity index (χ1v) is 5.84. The molecule has 0 aliphatic carbocycles. The minimum absolute atomic E-state index is 0.0517. The molecule has 0 saturated carbocycles. The van der Waals surface area contributed by atoms with Crippen molar-refractivity contribution in [2.75, 3.05) is 38.5 Å². The summed E-state index contributed by atoms with van der Waals surface area (Å²) in [5.41, 5.74) is 2.46. The molecule has 1 heterocycles. The number of hydrazine groups is 1. The van der Waals surface area contributed by atoms with Crippen LogP contribution in [0.2, 0.25) is 0 Å². The molecule has 1 amide bonds. The summed E-state index contributed by atoms with van der Waals surface area (Å²) in [7, 11) is 5.01. The Labute approximate surface area is 112 Å². The van der Waals surface area contributed by atoms with Crippen molar-refractivity contribution in [1.82, 2.24) is 14.9 Å². The topological polar surface area (TPSA) is 105 Å². The molecule has 0 radical (unpaired) electrons. The molecule has 1 rings (SSSR count). The summed E-state index contributed by atoms with van der Waals surface area (Å²) in [6.45, 7) is 0.783. The van der Waals surface area contributed by atoms with E-state index in [1.165, 1.54) is 0 Å². The van der Waals surface area contributed by atoms with Gasteiger partial charge in [0.1, 0.15) is 18.2 Å². The second-order valence-corrected chi connectivity index (χ2v) is 4.10. The van der Waals surface area contributed by atoms with E-state index < -0.39 is 0 Å². The van der Waals surface area contributed by atoms with Crippen LogP contribution in [0.4, 0.5) is 11.6 Å². The number of nitrogens with zero attached hydrogens (tertiary/aromatic N) is 3. The van der Waals surface area contributed by atoms with Crippen molar-refractivity contribution in [1.29, 1.82) is 0 Å². The number of carbonyl (C=O) groups excluding carboxylic acids is 1. The van der Waals surface area contributed by atoms with Crippen LogP contribution >= 0.6 is 0 Å². The van der Waals surface area contributed by atoms with Crippen LogP contribution in [0, 0.1) is 0 Å². The van der Waals surface area contributed by atoms with Crippen molar-refractivity contribution in [3.8, 4) is 0 Å². The van der Waals surface area contributed by atoms with E-state index in [0.29, 0.717) is 37.0 Å². The average Bonchev–Trinajstić information content (AvgIpc) is 2.38. The lowest BCUT2D eigenvalue weighted by atomic mass is 10.3. The molecule has 0 spiro atoms. The Hall–Kier alpha value is -1.93. The second kappa shape index (κ2) is 7.49. The van der Waals surface area contributed by atoms with Crippen molar-refractivity contribution in [3.05, 3.63) is 11.9 Å². The minimum Gasteiger partial charge on any atom is -0.377 e. The molecule has 8 nitrogen and oxygen atoms in total. The van der Waals surface area contributed by atoms with Crippen molar-refractivity contribution >= 4 is 17.5 Å². The summed E-state index contributed by atoms with van der Waals surface area (Å²) >= 11 is 0. The largest absolute Gasteiger partial charge is 0.377 e. The van der Waals surface area contributed by atoms with Crippen LogP contribution in [0.3, 0.4) is 0 Å². The normalized spacial score (nSPS) is 10.1. The predicted molar refractivity (Wildman–Crippen MR) is 72.4 cm³/mol. The number of nitrogens with one attached hydrogen (secondary N) is 2. The Morgan fingerprint density at radius 3 is 2.68 bits per heavy atom. The van der Waals surface area contributed by atoms with Crippen molar-refractivity contribution in [3.63, 3.8) is 0 Å². The molecule has 0 aliphatic heterocycles. The first kappa shape index (κ1) is 15.1. The summed E-state index contributed by atoms with van der Waals surface area (Å²) < 4.78 is 4.97. The maximum atomic E-state index is 11.4. The van der Waals surface area contributed by atoms with Gasteiger partial charge in [0.25, 0.3) is 0 Å². The lowest BCUT2D eigenvalue weighted by Gasteiger charge is -2.12. The van der Waals surface area contributed by atoms with E-state index >= 15 is 0 Å². The number of rotatable bonds is 7. The van der Waals surface area contributed by atoms with Crippen LogP contribution in [0.25, 0.3) is 0 Å². The Morgan fingerprint density at radius 2 is 2.11 bits per heavy atom. The summed E-state index contributed by atoms with van der Waals surface area (Å²) in [5.74, 6) is 6.98. The molecule has 4 N–H and O–H groups in total. The maximum Gasteiger partial charge on any atom is 0.223 e. The molecule has 0 aromatic carbocycles. The monoisotopic (exact) mass is 268 g/mol. The van der Waals surface area contributed by atoms with Gasteiger partial charge in [-0.05, 0) is 0 Å². The highest BCUT2D eigenvalue weighted by Crippen LogP contribution is 2.11. The number of nitrogen functional groups attached to an aromatic ring is 1. The highest BCUT2D eigenvalue weighted by molar-refractivity contribution is 5.76. The first-order valence-electron chi connectivity index (χ1n) is 5.84. The highest BCUT2D eigenvalue weighted by Gasteiger charge is 2.06. The van der Waals surface area contributed by atoms with Gasteiger partial charge in [0.2, 0.25) is 5.91 Å². The molecule has 0 atom stereocenters. The van der Waals surface area contributed by atoms with E-state index in [-0.39, 0.29) is 5.91 Å². The van der Waals surface area contributed by atoms with Crippen LogP contribution in [0.1, 0.15) is 12.2 Å². The minimum atomic E-state index is 0.0517. The van der Waals surface area contributed by atoms with Crippen molar-refractivity contribution in [2.45, 2.75) is 13.0 Å². The quantitative estimate of drug-likeness (QED) is 0.464. The molecule has 0 aliphatic rings. The average molecular weight is 268 g/mol. The number of amides is 1. The van der Waals surface area contributed by atoms with E-state index in [4.69, 9.17) is 10.6 Å². The molecule has 0 saturated heterocycles. The summed E-state index contributed by atoms with van der Waals surface area (Å²) in [6.07, 6.45) is 0.391. The second-order valence-electron chi connectivity index (χ2n) is 4.10. The smallest absolute Gasteiger partial charge is 0.223 e. The molecule has 8 heteroatoms. The van der Waals surface area contributed by atoms with Gasteiger partial charge in [0.15, 0.2) is 5.82 Å². The number of ether oxygens (including phenoxy) is 1. The van der Waals surface area contributed by atoms with E-state index in [1.54, 1.807) is 32.2 Å². The molecule has 19 heavy (non-hydrogen) atoms. The molecular formula is C11H20N6O2. The summed E-state index contributed by atoms with van der Waals surface area (Å²) in [4.78, 5) is 21.3. The van der Waals surface area contributed by atoms with Gasteiger partial charge in [-0.2, -0.15) is 0 Å². The van der Waals surface area contributed by atoms with Crippen LogP contribution in [-0.4, -0.2) is 48.5 Å². The molecular weight excluding hydrogens is 248 g/mol. The van der Waals surface area contributed by atoms with Gasteiger partial charge in [-0.1, -0.05) is 0 Å². The SMILES string of the molecule is COCc1nc(NN)cc(NCCC(=O)N(C)C)n1. The fourth-order valence-corrected chi connectivity index (χ4v) is 1.38. The summed E-state index contributed by atoms with van der Waals surface area (Å²) in [6, 6.07) is 1.67. The van der Waals surface area contributed by atoms with Crippen LogP contribution in [-0.2, 0) is 16.1 Å². The zero-order chi connectivity index (χ0) is 14.3. The molecule has 0 fully saturated rings. The standard InChI is InChI=1S/C11H20N6O2/c1-17(2)11(18)4-5-13-8-6-9(16-12)15-10(14-8)7-19-3/h6H,4-5,7,12H2,1-3H3,(H2,13,14,15,16). The highest BCUT2D eigenvalue weighted by atomic mass is 16.5. The van der Waals surface area contributed by atoms with E-state index in [0.717, 1.165) is 0 Å². The molecule has 106 valence electrons. The van der Waals surface area contributed by atoms with Gasteiger partial charge >= 0.3 is 0 Å². The van der Waals surface area contributed by atoms with Gasteiger partial charge < -0.3 is 20.4 Å². The van der Waals surface area contributed by atoms with Gasteiger partial charge in [0, 0.05) is 40.2 Å². The fourth-order valence-electron chi connectivity index (χ4n) is 1.38. The van der Waals surface area contributed by atoms with Gasteiger partial charge in [0.05, 0.1) is 0 Å². The van der Waals surface area contributed by atoms with E-state index in [2.05, 4.69) is 20.7 Å². The Bertz CT molecular complexity index is 424. The van der Waals surface area contributed by atoms with Crippen molar-refractivity contribution < 1.29 is 9.53 Å². The Kier molecular flexibility index (Phi) is 5.97. The zero-order valence-corrected chi connectivity index (χ0v) is 11.4. The lowest BCUT2D eigenvalue weighted by Crippen LogP contribution is -2.24. The van der Waals surface area contributed by atoms with Crippen LogP contribution in [0.5, 0.6) is 0 Å². The number of hydrogen-bond donors (Lipinski definition) is 3. The molecule has 1 aromatic rings. The number of methoxy groups -OCH3 is 1. The number of carbonyl (C=O) groups is 1. The summed E-state index contributed by atoms with van der Waals surface area (Å²) in [5, 5.41) is 3.05. The maximum absolute atomic E-state index is 11.4. The third-order valence-corrected chi connectivity index (χ3v) is 2.34. The molecule has 0 unspecified atom stereocenters. The number of anilines is 2. The van der Waals surface area contributed by atoms with E-state index in [9.17, 15) is 4.79 Å².